The first kappa shape index (κ1) is 13.6. The Morgan fingerprint density at radius 2 is 2.29 bits per heavy atom. The van der Waals surface area contributed by atoms with Gasteiger partial charge in [0.15, 0.2) is 0 Å². The number of hydrogen-bond donors (Lipinski definition) is 1. The highest BCUT2D eigenvalue weighted by molar-refractivity contribution is 5.95. The summed E-state index contributed by atoms with van der Waals surface area (Å²) < 4.78 is 4.94. The largest absolute Gasteiger partial charge is 0.395 e. The number of aliphatic hydroxyl groups excluding tert-OH is 1. The SMILES string of the molecule is COCCN(CCO)C(=O)c1cccnc1C. The summed E-state index contributed by atoms with van der Waals surface area (Å²) in [7, 11) is 1.58. The average molecular weight is 238 g/mol. The molecule has 0 radical (unpaired) electrons. The lowest BCUT2D eigenvalue weighted by molar-refractivity contribution is 0.0655. The second-order valence-corrected chi connectivity index (χ2v) is 3.64. The van der Waals surface area contributed by atoms with Crippen LogP contribution in [0, 0.1) is 6.92 Å². The first-order valence-electron chi connectivity index (χ1n) is 5.51. The number of carbonyl (C=O) groups excluding carboxylic acids is 1. The van der Waals surface area contributed by atoms with E-state index in [4.69, 9.17) is 9.84 Å². The molecule has 0 aromatic carbocycles. The number of aryl methyl sites for hydroxylation is 1. The summed E-state index contributed by atoms with van der Waals surface area (Å²) in [5, 5.41) is 8.95. The number of rotatable bonds is 6. The van der Waals surface area contributed by atoms with E-state index in [1.165, 1.54) is 0 Å². The van der Waals surface area contributed by atoms with Gasteiger partial charge in [-0.25, -0.2) is 0 Å². The van der Waals surface area contributed by atoms with E-state index in [1.807, 2.05) is 0 Å². The predicted octanol–water partition coefficient (Wildman–Crippen LogP) is 0.471. The van der Waals surface area contributed by atoms with Crippen LogP contribution in [0.4, 0.5) is 0 Å². The smallest absolute Gasteiger partial charge is 0.255 e. The van der Waals surface area contributed by atoms with Gasteiger partial charge in [-0.1, -0.05) is 0 Å². The molecule has 1 aromatic rings. The molecule has 0 atom stereocenters. The molecule has 0 fully saturated rings. The van der Waals surface area contributed by atoms with E-state index in [0.717, 1.165) is 0 Å². The Morgan fingerprint density at radius 3 is 2.88 bits per heavy atom. The molecule has 0 aliphatic carbocycles. The van der Waals surface area contributed by atoms with Crippen LogP contribution in [0.25, 0.3) is 0 Å². The maximum atomic E-state index is 12.2. The minimum Gasteiger partial charge on any atom is -0.395 e. The molecule has 0 unspecified atom stereocenters. The van der Waals surface area contributed by atoms with Crippen LogP contribution in [-0.2, 0) is 4.74 Å². The Kier molecular flexibility index (Phi) is 5.59. The lowest BCUT2D eigenvalue weighted by Crippen LogP contribution is -2.36. The first-order valence-corrected chi connectivity index (χ1v) is 5.51. The maximum Gasteiger partial charge on any atom is 0.255 e. The number of carbonyl (C=O) groups is 1. The molecule has 1 amide bonds. The molecule has 1 N–H and O–H groups in total. The Morgan fingerprint density at radius 1 is 1.53 bits per heavy atom. The third-order valence-electron chi connectivity index (χ3n) is 2.46. The number of methoxy groups -OCH3 is 1. The molecule has 0 aliphatic heterocycles. The van der Waals surface area contributed by atoms with Crippen LogP contribution in [0.2, 0.25) is 0 Å². The van der Waals surface area contributed by atoms with Gasteiger partial charge in [-0.05, 0) is 19.1 Å². The summed E-state index contributed by atoms with van der Waals surface area (Å²) in [5.41, 5.74) is 1.26. The summed E-state index contributed by atoms with van der Waals surface area (Å²) in [6.07, 6.45) is 1.65. The molecule has 1 aromatic heterocycles. The molecule has 5 nitrogen and oxygen atoms in total. The van der Waals surface area contributed by atoms with Gasteiger partial charge in [-0.2, -0.15) is 0 Å². The van der Waals surface area contributed by atoms with Gasteiger partial charge in [0, 0.05) is 32.1 Å². The van der Waals surface area contributed by atoms with Gasteiger partial charge in [0.25, 0.3) is 5.91 Å². The van der Waals surface area contributed by atoms with Gasteiger partial charge in [-0.3, -0.25) is 9.78 Å². The third kappa shape index (κ3) is 3.80. The molecule has 0 saturated carbocycles. The number of nitrogens with zero attached hydrogens (tertiary/aromatic N) is 2. The monoisotopic (exact) mass is 238 g/mol. The zero-order valence-electron chi connectivity index (χ0n) is 10.2. The van der Waals surface area contributed by atoms with Crippen LogP contribution in [-0.4, -0.2) is 54.3 Å². The van der Waals surface area contributed by atoms with E-state index >= 15 is 0 Å². The van der Waals surface area contributed by atoms with Crippen LogP contribution in [0.3, 0.4) is 0 Å². The molecule has 1 rings (SSSR count). The molecular formula is C12H18N2O3. The zero-order chi connectivity index (χ0) is 12.7. The fourth-order valence-corrected chi connectivity index (χ4v) is 1.52. The van der Waals surface area contributed by atoms with Gasteiger partial charge < -0.3 is 14.7 Å². The second-order valence-electron chi connectivity index (χ2n) is 3.64. The molecule has 0 aliphatic rings. The van der Waals surface area contributed by atoms with Gasteiger partial charge in [-0.15, -0.1) is 0 Å². The molecule has 94 valence electrons. The Hall–Kier alpha value is -1.46. The van der Waals surface area contributed by atoms with Crippen molar-refractivity contribution in [1.29, 1.82) is 0 Å². The molecular weight excluding hydrogens is 220 g/mol. The summed E-state index contributed by atoms with van der Waals surface area (Å²) in [6, 6.07) is 3.47. The van der Waals surface area contributed by atoms with Crippen LogP contribution >= 0.6 is 0 Å². The first-order chi connectivity index (χ1) is 8.20. The van der Waals surface area contributed by atoms with Crippen molar-refractivity contribution in [3.8, 4) is 0 Å². The van der Waals surface area contributed by atoms with E-state index in [9.17, 15) is 4.79 Å². The van der Waals surface area contributed by atoms with Gasteiger partial charge in [0.2, 0.25) is 0 Å². The van der Waals surface area contributed by atoms with Crippen LogP contribution in [0.15, 0.2) is 18.3 Å². The fourth-order valence-electron chi connectivity index (χ4n) is 1.52. The van der Waals surface area contributed by atoms with Crippen molar-refractivity contribution < 1.29 is 14.6 Å². The predicted molar refractivity (Wildman–Crippen MR) is 63.8 cm³/mol. The van der Waals surface area contributed by atoms with E-state index < -0.39 is 0 Å². The highest BCUT2D eigenvalue weighted by Crippen LogP contribution is 2.08. The van der Waals surface area contributed by atoms with E-state index in [1.54, 1.807) is 37.3 Å². The maximum absolute atomic E-state index is 12.2. The Balaban J connectivity index is 2.80. The van der Waals surface area contributed by atoms with Crippen LogP contribution < -0.4 is 0 Å². The van der Waals surface area contributed by atoms with Crippen molar-refractivity contribution in [2.24, 2.45) is 0 Å². The number of ether oxygens (including phenoxy) is 1. The van der Waals surface area contributed by atoms with E-state index in [-0.39, 0.29) is 12.5 Å². The number of aromatic nitrogens is 1. The van der Waals surface area contributed by atoms with Crippen molar-refractivity contribution in [3.63, 3.8) is 0 Å². The lowest BCUT2D eigenvalue weighted by Gasteiger charge is -2.21. The number of hydrogen-bond acceptors (Lipinski definition) is 4. The van der Waals surface area contributed by atoms with Gasteiger partial charge in [0.1, 0.15) is 0 Å². The van der Waals surface area contributed by atoms with E-state index in [2.05, 4.69) is 4.98 Å². The molecule has 17 heavy (non-hydrogen) atoms. The van der Waals surface area contributed by atoms with Crippen LogP contribution in [0.5, 0.6) is 0 Å². The molecule has 0 spiro atoms. The van der Waals surface area contributed by atoms with Gasteiger partial charge >= 0.3 is 0 Å². The molecule has 0 saturated heterocycles. The normalized spacial score (nSPS) is 10.3. The second kappa shape index (κ2) is 6.98. The quantitative estimate of drug-likeness (QED) is 0.782. The summed E-state index contributed by atoms with van der Waals surface area (Å²) in [5.74, 6) is -0.123. The fraction of sp³-hybridized carbons (Fsp3) is 0.500. The minimum atomic E-state index is -0.123. The number of aliphatic hydroxyl groups is 1. The van der Waals surface area contributed by atoms with Crippen molar-refractivity contribution in [3.05, 3.63) is 29.6 Å². The van der Waals surface area contributed by atoms with Crippen molar-refractivity contribution in [1.82, 2.24) is 9.88 Å². The highest BCUT2D eigenvalue weighted by Gasteiger charge is 2.16. The number of pyridine rings is 1. The molecule has 5 heteroatoms. The summed E-state index contributed by atoms with van der Waals surface area (Å²) >= 11 is 0. The number of amides is 1. The van der Waals surface area contributed by atoms with E-state index in [0.29, 0.717) is 31.0 Å². The zero-order valence-corrected chi connectivity index (χ0v) is 10.2. The third-order valence-corrected chi connectivity index (χ3v) is 2.46. The van der Waals surface area contributed by atoms with Crippen LogP contribution in [0.1, 0.15) is 16.1 Å². The summed E-state index contributed by atoms with van der Waals surface area (Å²) in [4.78, 5) is 17.8. The Labute approximate surface area is 101 Å². The van der Waals surface area contributed by atoms with Crippen molar-refractivity contribution in [2.75, 3.05) is 33.4 Å². The average Bonchev–Trinajstić information content (AvgIpc) is 2.34. The van der Waals surface area contributed by atoms with Crippen molar-refractivity contribution in [2.45, 2.75) is 6.92 Å². The summed E-state index contributed by atoms with van der Waals surface area (Å²) in [6.45, 7) is 2.95. The Bertz CT molecular complexity index is 369. The molecule has 1 heterocycles. The topological polar surface area (TPSA) is 62.7 Å². The van der Waals surface area contributed by atoms with Gasteiger partial charge in [0.05, 0.1) is 18.8 Å². The standard InChI is InChI=1S/C12H18N2O3/c1-10-11(4-3-5-13-10)12(16)14(6-8-15)7-9-17-2/h3-5,15H,6-9H2,1-2H3. The highest BCUT2D eigenvalue weighted by atomic mass is 16.5. The van der Waals surface area contributed by atoms with Crippen molar-refractivity contribution >= 4 is 5.91 Å². The minimum absolute atomic E-state index is 0.0607. The molecule has 0 bridgehead atoms. The lowest BCUT2D eigenvalue weighted by atomic mass is 10.2.